The van der Waals surface area contributed by atoms with Crippen molar-refractivity contribution in [1.82, 2.24) is 4.90 Å². The highest BCUT2D eigenvalue weighted by molar-refractivity contribution is 6.30. The van der Waals surface area contributed by atoms with E-state index in [1.54, 1.807) is 18.2 Å². The Balaban J connectivity index is 2.67. The third-order valence-electron chi connectivity index (χ3n) is 3.30. The van der Waals surface area contributed by atoms with Crippen molar-refractivity contribution in [1.29, 1.82) is 0 Å². The third kappa shape index (κ3) is 5.60. The van der Waals surface area contributed by atoms with Crippen molar-refractivity contribution in [2.24, 2.45) is 0 Å². The van der Waals surface area contributed by atoms with E-state index in [1.807, 2.05) is 12.1 Å². The molecule has 0 saturated carbocycles. The Morgan fingerprint density at radius 1 is 1.48 bits per heavy atom. The van der Waals surface area contributed by atoms with Crippen LogP contribution < -0.4 is 0 Å². The van der Waals surface area contributed by atoms with E-state index in [9.17, 15) is 14.7 Å². The highest BCUT2D eigenvalue weighted by Gasteiger charge is 2.25. The van der Waals surface area contributed by atoms with Gasteiger partial charge in [-0.15, -0.1) is 6.58 Å². The summed E-state index contributed by atoms with van der Waals surface area (Å²) in [6.07, 6.45) is 3.38. The van der Waals surface area contributed by atoms with Crippen LogP contribution in [0, 0.1) is 0 Å². The van der Waals surface area contributed by atoms with Gasteiger partial charge in [-0.1, -0.05) is 29.8 Å². The molecule has 1 rings (SSSR count). The number of rotatable bonds is 8. The number of hydrogen-bond donors (Lipinski definition) is 1. The van der Waals surface area contributed by atoms with Crippen LogP contribution in [0.1, 0.15) is 24.8 Å². The lowest BCUT2D eigenvalue weighted by Crippen LogP contribution is -2.42. The maximum atomic E-state index is 11.9. The standard InChI is InChI=1S/C16H20ClNO3/c1-3-4-8-15(19)18(2)14(16(20)21)10-9-12-6-5-7-13(17)11-12/h3,5-7,11,14H,1,4,8-10H2,2H3,(H,20,21)/t14-/m0/s1. The number of likely N-dealkylation sites (N-methyl/N-ethyl adjacent to an activating group) is 1. The smallest absolute Gasteiger partial charge is 0.326 e. The predicted octanol–water partition coefficient (Wildman–Crippen LogP) is 3.15. The van der Waals surface area contributed by atoms with Crippen LogP contribution in [-0.4, -0.2) is 35.0 Å². The van der Waals surface area contributed by atoms with Crippen LogP contribution in [0.4, 0.5) is 0 Å². The summed E-state index contributed by atoms with van der Waals surface area (Å²) in [7, 11) is 1.53. The molecule has 0 saturated heterocycles. The summed E-state index contributed by atoms with van der Waals surface area (Å²) in [5.41, 5.74) is 0.959. The Kier molecular flexibility index (Phi) is 6.96. The molecule has 1 aromatic carbocycles. The monoisotopic (exact) mass is 309 g/mol. The molecular weight excluding hydrogens is 290 g/mol. The molecule has 0 aliphatic carbocycles. The average molecular weight is 310 g/mol. The minimum atomic E-state index is -0.994. The predicted molar refractivity (Wildman–Crippen MR) is 83.4 cm³/mol. The summed E-state index contributed by atoms with van der Waals surface area (Å²) in [6.45, 7) is 3.56. The zero-order valence-corrected chi connectivity index (χ0v) is 12.8. The van der Waals surface area contributed by atoms with E-state index in [2.05, 4.69) is 6.58 Å². The van der Waals surface area contributed by atoms with Crippen LogP contribution in [0.2, 0.25) is 5.02 Å². The van der Waals surface area contributed by atoms with Gasteiger partial charge in [0.05, 0.1) is 0 Å². The summed E-state index contributed by atoms with van der Waals surface area (Å²) in [4.78, 5) is 24.6. The van der Waals surface area contributed by atoms with Crippen molar-refractivity contribution in [3.63, 3.8) is 0 Å². The summed E-state index contributed by atoms with van der Waals surface area (Å²) in [5.74, 6) is -1.18. The molecule has 0 fully saturated rings. The molecule has 4 nitrogen and oxygen atoms in total. The minimum absolute atomic E-state index is 0.187. The minimum Gasteiger partial charge on any atom is -0.480 e. The van der Waals surface area contributed by atoms with Gasteiger partial charge >= 0.3 is 5.97 Å². The van der Waals surface area contributed by atoms with E-state index in [1.165, 1.54) is 11.9 Å². The Morgan fingerprint density at radius 3 is 2.76 bits per heavy atom. The molecule has 1 amide bonds. The molecule has 0 heterocycles. The largest absolute Gasteiger partial charge is 0.480 e. The molecule has 21 heavy (non-hydrogen) atoms. The number of benzene rings is 1. The van der Waals surface area contributed by atoms with Gasteiger partial charge in [-0.2, -0.15) is 0 Å². The van der Waals surface area contributed by atoms with Crippen molar-refractivity contribution >= 4 is 23.5 Å². The van der Waals surface area contributed by atoms with Crippen LogP contribution in [0.15, 0.2) is 36.9 Å². The number of nitrogens with zero attached hydrogens (tertiary/aromatic N) is 1. The maximum Gasteiger partial charge on any atom is 0.326 e. The van der Waals surface area contributed by atoms with Crippen LogP contribution in [0.25, 0.3) is 0 Å². The first-order valence-electron chi connectivity index (χ1n) is 6.79. The number of allylic oxidation sites excluding steroid dienone is 1. The van der Waals surface area contributed by atoms with Crippen LogP contribution in [0.5, 0.6) is 0 Å². The summed E-state index contributed by atoms with van der Waals surface area (Å²) in [5, 5.41) is 9.93. The Bertz CT molecular complexity index is 516. The first-order chi connectivity index (χ1) is 9.95. The number of carbonyl (C=O) groups excluding carboxylic acids is 1. The summed E-state index contributed by atoms with van der Waals surface area (Å²) in [6, 6.07) is 6.46. The van der Waals surface area contributed by atoms with E-state index in [4.69, 9.17) is 11.6 Å². The highest BCUT2D eigenvalue weighted by atomic mass is 35.5. The number of halogens is 1. The van der Waals surface area contributed by atoms with E-state index >= 15 is 0 Å². The normalized spacial score (nSPS) is 11.7. The molecule has 0 aliphatic rings. The maximum absolute atomic E-state index is 11.9. The third-order valence-corrected chi connectivity index (χ3v) is 3.54. The lowest BCUT2D eigenvalue weighted by Gasteiger charge is -2.25. The van der Waals surface area contributed by atoms with Crippen LogP contribution in [0.3, 0.4) is 0 Å². The molecule has 1 N–H and O–H groups in total. The molecule has 1 atom stereocenters. The van der Waals surface area contributed by atoms with Gasteiger partial charge in [-0.25, -0.2) is 4.79 Å². The van der Waals surface area contributed by atoms with Gasteiger partial charge < -0.3 is 10.0 Å². The van der Waals surface area contributed by atoms with E-state index in [0.717, 1.165) is 5.56 Å². The molecule has 0 unspecified atom stereocenters. The fraction of sp³-hybridized carbons (Fsp3) is 0.375. The molecule has 0 aromatic heterocycles. The first kappa shape index (κ1) is 17.2. The number of amides is 1. The SMILES string of the molecule is C=CCCC(=O)N(C)[C@@H](CCc1cccc(Cl)c1)C(=O)O. The summed E-state index contributed by atoms with van der Waals surface area (Å²) < 4.78 is 0. The topological polar surface area (TPSA) is 57.6 Å². The van der Waals surface area contributed by atoms with E-state index in [0.29, 0.717) is 24.3 Å². The quantitative estimate of drug-likeness (QED) is 0.750. The number of aryl methyl sites for hydroxylation is 1. The molecule has 0 spiro atoms. The highest BCUT2D eigenvalue weighted by Crippen LogP contribution is 2.15. The van der Waals surface area contributed by atoms with Gasteiger partial charge in [-0.05, 0) is 37.0 Å². The second-order valence-electron chi connectivity index (χ2n) is 4.85. The fourth-order valence-electron chi connectivity index (χ4n) is 2.05. The Morgan fingerprint density at radius 2 is 2.19 bits per heavy atom. The first-order valence-corrected chi connectivity index (χ1v) is 7.17. The number of carboxylic acid groups (broad SMARTS) is 1. The zero-order chi connectivity index (χ0) is 15.8. The van der Waals surface area contributed by atoms with Gasteiger partial charge in [0.25, 0.3) is 0 Å². The van der Waals surface area contributed by atoms with Crippen LogP contribution >= 0.6 is 11.6 Å². The van der Waals surface area contributed by atoms with Crippen molar-refractivity contribution < 1.29 is 14.7 Å². The zero-order valence-electron chi connectivity index (χ0n) is 12.1. The number of hydrogen-bond acceptors (Lipinski definition) is 2. The lowest BCUT2D eigenvalue weighted by atomic mass is 10.0. The second kappa shape index (κ2) is 8.47. The molecule has 0 radical (unpaired) electrons. The Labute approximate surface area is 130 Å². The Hall–Kier alpha value is -1.81. The van der Waals surface area contributed by atoms with Crippen molar-refractivity contribution in [3.05, 3.63) is 47.5 Å². The van der Waals surface area contributed by atoms with Crippen molar-refractivity contribution in [2.45, 2.75) is 31.7 Å². The van der Waals surface area contributed by atoms with Gasteiger partial charge in [0.2, 0.25) is 5.91 Å². The molecule has 5 heteroatoms. The molecule has 0 aliphatic heterocycles. The number of carboxylic acids is 1. The lowest BCUT2D eigenvalue weighted by molar-refractivity contribution is -0.149. The van der Waals surface area contributed by atoms with Crippen molar-refractivity contribution in [3.8, 4) is 0 Å². The van der Waals surface area contributed by atoms with Crippen molar-refractivity contribution in [2.75, 3.05) is 7.05 Å². The van der Waals surface area contributed by atoms with E-state index < -0.39 is 12.0 Å². The summed E-state index contributed by atoms with van der Waals surface area (Å²) >= 11 is 5.90. The van der Waals surface area contributed by atoms with E-state index in [-0.39, 0.29) is 12.3 Å². The average Bonchev–Trinajstić information content (AvgIpc) is 2.44. The second-order valence-corrected chi connectivity index (χ2v) is 5.29. The molecular formula is C16H20ClNO3. The van der Waals surface area contributed by atoms with Crippen LogP contribution in [-0.2, 0) is 16.0 Å². The van der Waals surface area contributed by atoms with Gasteiger partial charge in [0, 0.05) is 18.5 Å². The fourth-order valence-corrected chi connectivity index (χ4v) is 2.27. The van der Waals surface area contributed by atoms with Gasteiger partial charge in [0.15, 0.2) is 0 Å². The molecule has 114 valence electrons. The number of aliphatic carboxylic acids is 1. The van der Waals surface area contributed by atoms with Gasteiger partial charge in [0.1, 0.15) is 6.04 Å². The van der Waals surface area contributed by atoms with Gasteiger partial charge in [-0.3, -0.25) is 4.79 Å². The number of carbonyl (C=O) groups is 2. The molecule has 0 bridgehead atoms. The molecule has 1 aromatic rings.